The van der Waals surface area contributed by atoms with Crippen LogP contribution in [0.4, 0.5) is 0 Å². The second-order valence-corrected chi connectivity index (χ2v) is 6.75. The minimum Gasteiger partial charge on any atom is -0.349 e. The molecule has 0 unspecified atom stereocenters. The third-order valence-corrected chi connectivity index (χ3v) is 4.82. The van der Waals surface area contributed by atoms with E-state index in [4.69, 9.17) is 0 Å². The molecule has 1 saturated heterocycles. The molecule has 0 atom stereocenters. The van der Waals surface area contributed by atoms with E-state index in [1.807, 2.05) is 42.9 Å². The van der Waals surface area contributed by atoms with E-state index in [1.165, 1.54) is 5.56 Å². The largest absolute Gasteiger partial charge is 0.349 e. The molecule has 0 radical (unpaired) electrons. The minimum atomic E-state index is 0.0506. The van der Waals surface area contributed by atoms with E-state index in [0.29, 0.717) is 0 Å². The molecule has 1 aliphatic heterocycles. The molecule has 2 heterocycles. The van der Waals surface area contributed by atoms with E-state index in [1.54, 1.807) is 0 Å². The lowest BCUT2D eigenvalue weighted by Crippen LogP contribution is -2.44. The Morgan fingerprint density at radius 3 is 2.58 bits per heavy atom. The topological polar surface area (TPSA) is 50.2 Å². The van der Waals surface area contributed by atoms with Gasteiger partial charge in [0.2, 0.25) is 0 Å². The fourth-order valence-electron chi connectivity index (χ4n) is 3.37. The van der Waals surface area contributed by atoms with Crippen LogP contribution in [0.1, 0.15) is 40.0 Å². The molecule has 5 nitrogen and oxygen atoms in total. The summed E-state index contributed by atoms with van der Waals surface area (Å²) in [6.45, 7) is 7.00. The lowest BCUT2D eigenvalue weighted by atomic mass is 10.0. The Bertz CT molecular complexity index is 714. The van der Waals surface area contributed by atoms with Gasteiger partial charge < -0.3 is 5.32 Å². The molecule has 0 aliphatic carbocycles. The van der Waals surface area contributed by atoms with Gasteiger partial charge in [-0.25, -0.2) is 0 Å². The van der Waals surface area contributed by atoms with Crippen molar-refractivity contribution < 1.29 is 4.79 Å². The number of nitrogens with zero attached hydrogens (tertiary/aromatic N) is 3. The van der Waals surface area contributed by atoms with E-state index in [0.717, 1.165) is 49.3 Å². The first kappa shape index (κ1) is 16.7. The Kier molecular flexibility index (Phi) is 5.00. The number of aryl methyl sites for hydroxylation is 3. The molecule has 3 rings (SSSR count). The molecule has 1 aromatic heterocycles. The SMILES string of the molecule is Cc1ccccc1C(=O)NC1CCN(Cc2cn(C)nc2C)CC1. The van der Waals surface area contributed by atoms with Crippen LogP contribution in [-0.2, 0) is 13.6 Å². The minimum absolute atomic E-state index is 0.0506. The third kappa shape index (κ3) is 3.85. The Balaban J connectivity index is 1.51. The zero-order chi connectivity index (χ0) is 17.1. The van der Waals surface area contributed by atoms with Gasteiger partial charge in [-0.2, -0.15) is 5.10 Å². The van der Waals surface area contributed by atoms with Crippen LogP contribution >= 0.6 is 0 Å². The molecule has 1 aromatic carbocycles. The summed E-state index contributed by atoms with van der Waals surface area (Å²) in [6, 6.07) is 8.02. The summed E-state index contributed by atoms with van der Waals surface area (Å²) in [6.07, 6.45) is 4.09. The van der Waals surface area contributed by atoms with Crippen molar-refractivity contribution >= 4 is 5.91 Å². The second-order valence-electron chi connectivity index (χ2n) is 6.75. The van der Waals surface area contributed by atoms with Crippen molar-refractivity contribution in [1.29, 1.82) is 0 Å². The number of carbonyl (C=O) groups excluding carboxylic acids is 1. The highest BCUT2D eigenvalue weighted by Gasteiger charge is 2.22. The normalized spacial score (nSPS) is 16.3. The van der Waals surface area contributed by atoms with Crippen molar-refractivity contribution in [3.63, 3.8) is 0 Å². The van der Waals surface area contributed by atoms with Crippen LogP contribution in [0.25, 0.3) is 0 Å². The van der Waals surface area contributed by atoms with Crippen LogP contribution in [0.5, 0.6) is 0 Å². The molecular weight excluding hydrogens is 300 g/mol. The number of nitrogens with one attached hydrogen (secondary N) is 1. The third-order valence-electron chi connectivity index (χ3n) is 4.82. The number of piperidine rings is 1. The molecule has 24 heavy (non-hydrogen) atoms. The number of amides is 1. The summed E-state index contributed by atoms with van der Waals surface area (Å²) < 4.78 is 1.87. The number of likely N-dealkylation sites (tertiary alicyclic amines) is 1. The number of rotatable bonds is 4. The zero-order valence-electron chi connectivity index (χ0n) is 14.7. The fourth-order valence-corrected chi connectivity index (χ4v) is 3.37. The molecule has 1 N–H and O–H groups in total. The number of aromatic nitrogens is 2. The standard InChI is InChI=1S/C19H26N4O/c1-14-6-4-5-7-18(14)19(24)20-17-8-10-23(11-9-17)13-16-12-22(3)21-15(16)2/h4-7,12,17H,8-11,13H2,1-3H3,(H,20,24). The number of hydrogen-bond donors (Lipinski definition) is 1. The van der Waals surface area contributed by atoms with E-state index >= 15 is 0 Å². The highest BCUT2D eigenvalue weighted by molar-refractivity contribution is 5.95. The second kappa shape index (κ2) is 7.18. The van der Waals surface area contributed by atoms with E-state index in [-0.39, 0.29) is 11.9 Å². The van der Waals surface area contributed by atoms with Gasteiger partial charge in [-0.3, -0.25) is 14.4 Å². The Morgan fingerprint density at radius 1 is 1.25 bits per heavy atom. The predicted molar refractivity (Wildman–Crippen MR) is 94.9 cm³/mol. The van der Waals surface area contributed by atoms with Crippen LogP contribution in [-0.4, -0.2) is 39.7 Å². The van der Waals surface area contributed by atoms with Gasteiger partial charge >= 0.3 is 0 Å². The lowest BCUT2D eigenvalue weighted by Gasteiger charge is -2.32. The first-order chi connectivity index (χ1) is 11.5. The fraction of sp³-hybridized carbons (Fsp3) is 0.474. The molecule has 0 bridgehead atoms. The van der Waals surface area contributed by atoms with Gasteiger partial charge in [-0.05, 0) is 38.3 Å². The Labute approximate surface area is 143 Å². The van der Waals surface area contributed by atoms with Gasteiger partial charge in [-0.15, -0.1) is 0 Å². The van der Waals surface area contributed by atoms with Crippen LogP contribution in [0.15, 0.2) is 30.5 Å². The summed E-state index contributed by atoms with van der Waals surface area (Å²) in [5.74, 6) is 0.0506. The highest BCUT2D eigenvalue weighted by Crippen LogP contribution is 2.16. The summed E-state index contributed by atoms with van der Waals surface area (Å²) in [7, 11) is 1.96. The summed E-state index contributed by atoms with van der Waals surface area (Å²) in [4.78, 5) is 14.9. The van der Waals surface area contributed by atoms with Gasteiger partial charge in [0, 0.05) is 50.0 Å². The lowest BCUT2D eigenvalue weighted by molar-refractivity contribution is 0.0908. The molecule has 2 aromatic rings. The summed E-state index contributed by atoms with van der Waals surface area (Å²) in [5, 5.41) is 7.60. The number of carbonyl (C=O) groups is 1. The molecule has 5 heteroatoms. The number of hydrogen-bond acceptors (Lipinski definition) is 3. The smallest absolute Gasteiger partial charge is 0.251 e. The maximum Gasteiger partial charge on any atom is 0.251 e. The van der Waals surface area contributed by atoms with Crippen LogP contribution < -0.4 is 5.32 Å². The molecule has 0 saturated carbocycles. The summed E-state index contributed by atoms with van der Waals surface area (Å²) >= 11 is 0. The average Bonchev–Trinajstić information content (AvgIpc) is 2.87. The predicted octanol–water partition coefficient (Wildman–Crippen LogP) is 2.43. The van der Waals surface area contributed by atoms with Crippen LogP contribution in [0.2, 0.25) is 0 Å². The van der Waals surface area contributed by atoms with Crippen LogP contribution in [0.3, 0.4) is 0 Å². The molecule has 128 valence electrons. The van der Waals surface area contributed by atoms with Gasteiger partial charge in [0.25, 0.3) is 5.91 Å². The van der Waals surface area contributed by atoms with E-state index in [2.05, 4.69) is 28.4 Å². The summed E-state index contributed by atoms with van der Waals surface area (Å²) in [5.41, 5.74) is 4.21. The zero-order valence-corrected chi connectivity index (χ0v) is 14.7. The molecule has 1 fully saturated rings. The number of benzene rings is 1. The van der Waals surface area contributed by atoms with Gasteiger partial charge in [0.05, 0.1) is 5.69 Å². The van der Waals surface area contributed by atoms with Crippen LogP contribution in [0, 0.1) is 13.8 Å². The Morgan fingerprint density at radius 2 is 1.96 bits per heavy atom. The van der Waals surface area contributed by atoms with Crippen molar-refractivity contribution in [2.75, 3.05) is 13.1 Å². The Hall–Kier alpha value is -2.14. The molecule has 1 aliphatic rings. The molecule has 1 amide bonds. The van der Waals surface area contributed by atoms with Crippen molar-refractivity contribution in [1.82, 2.24) is 20.0 Å². The molecule has 0 spiro atoms. The van der Waals surface area contributed by atoms with Gasteiger partial charge in [-0.1, -0.05) is 18.2 Å². The van der Waals surface area contributed by atoms with Crippen molar-refractivity contribution in [3.05, 3.63) is 52.8 Å². The maximum absolute atomic E-state index is 12.4. The van der Waals surface area contributed by atoms with E-state index in [9.17, 15) is 4.79 Å². The first-order valence-corrected chi connectivity index (χ1v) is 8.61. The van der Waals surface area contributed by atoms with Gasteiger partial charge in [0.15, 0.2) is 0 Å². The van der Waals surface area contributed by atoms with Crippen molar-refractivity contribution in [2.24, 2.45) is 7.05 Å². The molecular formula is C19H26N4O. The highest BCUT2D eigenvalue weighted by atomic mass is 16.1. The maximum atomic E-state index is 12.4. The van der Waals surface area contributed by atoms with Gasteiger partial charge in [0.1, 0.15) is 0 Å². The monoisotopic (exact) mass is 326 g/mol. The van der Waals surface area contributed by atoms with E-state index < -0.39 is 0 Å². The average molecular weight is 326 g/mol. The van der Waals surface area contributed by atoms with Crippen molar-refractivity contribution in [2.45, 2.75) is 39.3 Å². The first-order valence-electron chi connectivity index (χ1n) is 8.61. The quantitative estimate of drug-likeness (QED) is 0.939. The van der Waals surface area contributed by atoms with Crippen molar-refractivity contribution in [3.8, 4) is 0 Å².